The molecule has 132 valence electrons. The molecule has 0 fully saturated rings. The molecule has 0 aliphatic rings. The standard InChI is InChI=1S/C18H19IN2O4/c1-3-15(25-13-7-5-4-6-8-13)18(23)21-20-17(22)12-9-10-16(24-2)14(19)11-12/h4-11,15H,3H2,1-2H3,(H,20,22)(H,21,23). The van der Waals surface area contributed by atoms with Gasteiger partial charge in [-0.05, 0) is 59.3 Å². The molecular formula is C18H19IN2O4. The predicted molar refractivity (Wildman–Crippen MR) is 102 cm³/mol. The van der Waals surface area contributed by atoms with E-state index in [9.17, 15) is 9.59 Å². The summed E-state index contributed by atoms with van der Waals surface area (Å²) in [6.07, 6.45) is -0.226. The van der Waals surface area contributed by atoms with Crippen LogP contribution in [0.3, 0.4) is 0 Å². The van der Waals surface area contributed by atoms with Crippen molar-refractivity contribution >= 4 is 34.4 Å². The Morgan fingerprint density at radius 2 is 1.84 bits per heavy atom. The van der Waals surface area contributed by atoms with Gasteiger partial charge in [-0.3, -0.25) is 20.4 Å². The van der Waals surface area contributed by atoms with Crippen molar-refractivity contribution in [2.75, 3.05) is 7.11 Å². The Hall–Kier alpha value is -2.29. The summed E-state index contributed by atoms with van der Waals surface area (Å²) in [4.78, 5) is 24.4. The summed E-state index contributed by atoms with van der Waals surface area (Å²) in [5, 5.41) is 0. The molecule has 2 aromatic carbocycles. The van der Waals surface area contributed by atoms with E-state index in [1.54, 1.807) is 37.4 Å². The summed E-state index contributed by atoms with van der Waals surface area (Å²) in [5.41, 5.74) is 5.22. The molecule has 1 unspecified atom stereocenters. The average molecular weight is 454 g/mol. The van der Waals surface area contributed by atoms with Crippen LogP contribution in [0.5, 0.6) is 11.5 Å². The fraction of sp³-hybridized carbons (Fsp3) is 0.222. The second kappa shape index (κ2) is 9.26. The van der Waals surface area contributed by atoms with Crippen molar-refractivity contribution in [3.63, 3.8) is 0 Å². The first kappa shape index (κ1) is 19.0. The lowest BCUT2D eigenvalue weighted by Gasteiger charge is -2.17. The molecule has 2 amide bonds. The van der Waals surface area contributed by atoms with Crippen LogP contribution in [0, 0.1) is 3.57 Å². The van der Waals surface area contributed by atoms with E-state index < -0.39 is 17.9 Å². The molecule has 0 bridgehead atoms. The highest BCUT2D eigenvalue weighted by molar-refractivity contribution is 14.1. The topological polar surface area (TPSA) is 76.7 Å². The van der Waals surface area contributed by atoms with Crippen LogP contribution >= 0.6 is 22.6 Å². The summed E-state index contributed by atoms with van der Waals surface area (Å²) in [6.45, 7) is 1.83. The molecule has 0 aliphatic carbocycles. The molecule has 0 saturated heterocycles. The Kier molecular flexibility index (Phi) is 7.05. The highest BCUT2D eigenvalue weighted by Gasteiger charge is 2.19. The van der Waals surface area contributed by atoms with Crippen molar-refractivity contribution < 1.29 is 19.1 Å². The molecule has 0 aromatic heterocycles. The minimum absolute atomic E-state index is 0.413. The van der Waals surface area contributed by atoms with Gasteiger partial charge in [0.15, 0.2) is 6.10 Å². The van der Waals surface area contributed by atoms with E-state index in [4.69, 9.17) is 9.47 Å². The van der Waals surface area contributed by atoms with Gasteiger partial charge < -0.3 is 9.47 Å². The minimum Gasteiger partial charge on any atom is -0.496 e. The normalized spacial score (nSPS) is 11.3. The number of carbonyl (C=O) groups excluding carboxylic acids is 2. The molecule has 7 heteroatoms. The third-order valence-corrected chi connectivity index (χ3v) is 4.24. The van der Waals surface area contributed by atoms with Gasteiger partial charge >= 0.3 is 0 Å². The average Bonchev–Trinajstić information content (AvgIpc) is 2.64. The summed E-state index contributed by atoms with van der Waals surface area (Å²) < 4.78 is 11.6. The van der Waals surface area contributed by atoms with E-state index in [0.29, 0.717) is 23.5 Å². The Balaban J connectivity index is 1.93. The summed E-state index contributed by atoms with van der Waals surface area (Å²) in [7, 11) is 1.56. The van der Waals surface area contributed by atoms with Crippen LogP contribution in [0.25, 0.3) is 0 Å². The number of ether oxygens (including phenoxy) is 2. The van der Waals surface area contributed by atoms with Gasteiger partial charge in [0.25, 0.3) is 11.8 Å². The highest BCUT2D eigenvalue weighted by Crippen LogP contribution is 2.21. The third-order valence-electron chi connectivity index (χ3n) is 3.40. The van der Waals surface area contributed by atoms with E-state index >= 15 is 0 Å². The maximum atomic E-state index is 12.2. The Bertz CT molecular complexity index is 737. The van der Waals surface area contributed by atoms with E-state index in [-0.39, 0.29) is 0 Å². The number of para-hydroxylation sites is 1. The smallest absolute Gasteiger partial charge is 0.279 e. The van der Waals surface area contributed by atoms with Gasteiger partial charge in [-0.15, -0.1) is 0 Å². The molecule has 0 aliphatic heterocycles. The fourth-order valence-electron chi connectivity index (χ4n) is 2.06. The number of carbonyl (C=O) groups is 2. The predicted octanol–water partition coefficient (Wildman–Crippen LogP) is 2.92. The number of hydrazine groups is 1. The molecule has 2 aromatic rings. The fourth-order valence-corrected chi connectivity index (χ4v) is 2.80. The third kappa shape index (κ3) is 5.35. The van der Waals surface area contributed by atoms with Gasteiger partial charge in [0.05, 0.1) is 10.7 Å². The van der Waals surface area contributed by atoms with Gasteiger partial charge in [-0.2, -0.15) is 0 Å². The van der Waals surface area contributed by atoms with Crippen molar-refractivity contribution in [1.29, 1.82) is 0 Å². The lowest BCUT2D eigenvalue weighted by atomic mass is 10.2. The summed E-state index contributed by atoms with van der Waals surface area (Å²) >= 11 is 2.08. The summed E-state index contributed by atoms with van der Waals surface area (Å²) in [6, 6.07) is 14.1. The second-order valence-electron chi connectivity index (χ2n) is 5.12. The van der Waals surface area contributed by atoms with Crippen molar-refractivity contribution in [1.82, 2.24) is 10.9 Å². The molecule has 0 spiro atoms. The number of nitrogens with one attached hydrogen (secondary N) is 2. The number of halogens is 1. The maximum Gasteiger partial charge on any atom is 0.279 e. The van der Waals surface area contributed by atoms with E-state index in [1.807, 2.05) is 25.1 Å². The van der Waals surface area contributed by atoms with Gasteiger partial charge in [0.2, 0.25) is 0 Å². The van der Waals surface area contributed by atoms with E-state index in [1.165, 1.54) is 0 Å². The number of hydrogen-bond acceptors (Lipinski definition) is 4. The van der Waals surface area contributed by atoms with Gasteiger partial charge in [-0.25, -0.2) is 0 Å². The molecule has 1 atom stereocenters. The minimum atomic E-state index is -0.696. The van der Waals surface area contributed by atoms with Gasteiger partial charge in [0.1, 0.15) is 11.5 Å². The van der Waals surface area contributed by atoms with Crippen molar-refractivity contribution in [2.24, 2.45) is 0 Å². The number of hydrogen-bond donors (Lipinski definition) is 2. The van der Waals surface area contributed by atoms with Crippen molar-refractivity contribution in [2.45, 2.75) is 19.4 Å². The molecular weight excluding hydrogens is 435 g/mol. The number of amides is 2. The van der Waals surface area contributed by atoms with Crippen LogP contribution in [0.2, 0.25) is 0 Å². The highest BCUT2D eigenvalue weighted by atomic mass is 127. The van der Waals surface area contributed by atoms with Crippen LogP contribution in [-0.2, 0) is 4.79 Å². The van der Waals surface area contributed by atoms with Gasteiger partial charge in [-0.1, -0.05) is 25.1 Å². The lowest BCUT2D eigenvalue weighted by Crippen LogP contribution is -2.48. The van der Waals surface area contributed by atoms with Crippen LogP contribution < -0.4 is 20.3 Å². The van der Waals surface area contributed by atoms with Crippen molar-refractivity contribution in [3.8, 4) is 11.5 Å². The van der Waals surface area contributed by atoms with E-state index in [0.717, 1.165) is 3.57 Å². The molecule has 25 heavy (non-hydrogen) atoms. The Labute approximate surface area is 160 Å². The van der Waals surface area contributed by atoms with Crippen LogP contribution in [0.1, 0.15) is 23.7 Å². The molecule has 0 radical (unpaired) electrons. The van der Waals surface area contributed by atoms with Crippen LogP contribution in [0.4, 0.5) is 0 Å². The second-order valence-corrected chi connectivity index (χ2v) is 6.28. The first-order valence-electron chi connectivity index (χ1n) is 7.70. The monoisotopic (exact) mass is 454 g/mol. The van der Waals surface area contributed by atoms with Gasteiger partial charge in [0, 0.05) is 5.56 Å². The first-order valence-corrected chi connectivity index (χ1v) is 8.78. The zero-order valence-corrected chi connectivity index (χ0v) is 16.1. The van der Waals surface area contributed by atoms with Crippen LogP contribution in [0.15, 0.2) is 48.5 Å². The number of methoxy groups -OCH3 is 1. The zero-order chi connectivity index (χ0) is 18.2. The number of rotatable bonds is 6. The maximum absolute atomic E-state index is 12.2. The zero-order valence-electron chi connectivity index (χ0n) is 13.9. The quantitative estimate of drug-likeness (QED) is 0.520. The first-order chi connectivity index (χ1) is 12.0. The Morgan fingerprint density at radius 3 is 2.44 bits per heavy atom. The largest absolute Gasteiger partial charge is 0.496 e. The lowest BCUT2D eigenvalue weighted by molar-refractivity contribution is -0.128. The summed E-state index contributed by atoms with van der Waals surface area (Å²) in [5.74, 6) is 0.454. The number of benzene rings is 2. The Morgan fingerprint density at radius 1 is 1.12 bits per heavy atom. The molecule has 2 N–H and O–H groups in total. The van der Waals surface area contributed by atoms with Crippen LogP contribution in [-0.4, -0.2) is 25.0 Å². The van der Waals surface area contributed by atoms with E-state index in [2.05, 4.69) is 33.4 Å². The molecule has 0 saturated carbocycles. The molecule has 2 rings (SSSR count). The van der Waals surface area contributed by atoms with Crippen molar-refractivity contribution in [3.05, 3.63) is 57.7 Å². The SMILES string of the molecule is CCC(Oc1ccccc1)C(=O)NNC(=O)c1ccc(OC)c(I)c1. The molecule has 6 nitrogen and oxygen atoms in total. The molecule has 0 heterocycles.